The van der Waals surface area contributed by atoms with Crippen LogP contribution in [0.2, 0.25) is 0 Å². The van der Waals surface area contributed by atoms with Crippen LogP contribution in [-0.4, -0.2) is 15.0 Å². The quantitative estimate of drug-likeness (QED) is 0.497. The van der Waals surface area contributed by atoms with Crippen molar-refractivity contribution in [1.29, 1.82) is 0 Å². The number of nitrogens with zero attached hydrogens (tertiary/aromatic N) is 3. The van der Waals surface area contributed by atoms with E-state index in [1.54, 1.807) is 30.6 Å². The van der Waals surface area contributed by atoms with Crippen molar-refractivity contribution in [2.45, 2.75) is 18.1 Å². The van der Waals surface area contributed by atoms with Crippen LogP contribution in [0.4, 0.5) is 13.2 Å². The van der Waals surface area contributed by atoms with Gasteiger partial charge in [0.25, 0.3) is 6.43 Å². The molecule has 3 N–H and O–H groups in total. The lowest BCUT2D eigenvalue weighted by molar-refractivity contribution is 0.146. The zero-order chi connectivity index (χ0) is 22.3. The van der Waals surface area contributed by atoms with Gasteiger partial charge in [0.15, 0.2) is 0 Å². The fourth-order valence-electron chi connectivity index (χ4n) is 4.39. The van der Waals surface area contributed by atoms with Crippen molar-refractivity contribution in [2.75, 3.05) is 0 Å². The van der Waals surface area contributed by atoms with Gasteiger partial charge < -0.3 is 5.73 Å². The van der Waals surface area contributed by atoms with E-state index in [1.807, 2.05) is 24.3 Å². The molecule has 8 heteroatoms. The summed E-state index contributed by atoms with van der Waals surface area (Å²) in [4.78, 5) is 11.9. The largest absolute Gasteiger partial charge is 0.312 e. The molecular formula is C24H18F3N5. The number of benzene rings is 2. The molecule has 2 aromatic carbocycles. The van der Waals surface area contributed by atoms with Crippen molar-refractivity contribution >= 4 is 0 Å². The number of aromatic nitrogens is 3. The lowest BCUT2D eigenvalue weighted by Gasteiger charge is -2.33. The third-order valence-electron chi connectivity index (χ3n) is 5.77. The molecule has 4 aromatic rings. The number of fused-ring (bicyclic) bond motifs is 1. The summed E-state index contributed by atoms with van der Waals surface area (Å²) in [7, 11) is 0. The molecule has 0 radical (unpaired) electrons. The Bertz CT molecular complexity index is 1280. The van der Waals surface area contributed by atoms with Crippen LogP contribution in [0.15, 0.2) is 79.5 Å². The van der Waals surface area contributed by atoms with Crippen molar-refractivity contribution in [2.24, 2.45) is 5.73 Å². The van der Waals surface area contributed by atoms with Crippen LogP contribution in [0.25, 0.3) is 11.1 Å². The minimum Gasteiger partial charge on any atom is -0.312 e. The summed E-state index contributed by atoms with van der Waals surface area (Å²) in [5.74, 6) is -0.458. The van der Waals surface area contributed by atoms with Crippen LogP contribution in [0.3, 0.4) is 0 Å². The Morgan fingerprint density at radius 1 is 0.938 bits per heavy atom. The van der Waals surface area contributed by atoms with Gasteiger partial charge in [-0.05, 0) is 46.5 Å². The fourth-order valence-corrected chi connectivity index (χ4v) is 4.39. The van der Waals surface area contributed by atoms with E-state index in [0.717, 1.165) is 11.1 Å². The first-order valence-electron chi connectivity index (χ1n) is 9.93. The smallest absolute Gasteiger partial charge is 0.280 e. The molecule has 0 amide bonds. The molecule has 0 spiro atoms. The van der Waals surface area contributed by atoms with Crippen LogP contribution in [0.5, 0.6) is 0 Å². The fraction of sp³-hybridized carbons (Fsp3) is 0.125. The highest BCUT2D eigenvalue weighted by Crippen LogP contribution is 2.47. The molecule has 3 heterocycles. The zero-order valence-corrected chi connectivity index (χ0v) is 16.7. The lowest BCUT2D eigenvalue weighted by atomic mass is 9.77. The number of nitrogens with two attached hydrogens (primary N) is 1. The van der Waals surface area contributed by atoms with E-state index < -0.39 is 23.9 Å². The maximum absolute atomic E-state index is 14.8. The Balaban J connectivity index is 1.79. The molecule has 0 aliphatic carbocycles. The van der Waals surface area contributed by atoms with Crippen LogP contribution in [-0.2, 0) is 5.54 Å². The monoisotopic (exact) mass is 433 g/mol. The number of halogens is 3. The summed E-state index contributed by atoms with van der Waals surface area (Å²) in [6.45, 7) is 0. The third-order valence-corrected chi connectivity index (χ3v) is 5.77. The molecule has 2 aromatic heterocycles. The van der Waals surface area contributed by atoms with E-state index in [9.17, 15) is 13.2 Å². The Labute approximate surface area is 182 Å². The molecule has 2 atom stereocenters. The molecule has 0 saturated carbocycles. The summed E-state index contributed by atoms with van der Waals surface area (Å²) in [5.41, 5.74) is 8.47. The van der Waals surface area contributed by atoms with Crippen molar-refractivity contribution < 1.29 is 13.2 Å². The SMILES string of the molecule is N[C@@H]1N[C@@](c2cccc(-c3cncnc3)c2)(c2ccnc(C(F)F)c2)c2cccc(F)c21. The minimum absolute atomic E-state index is 0.302. The summed E-state index contributed by atoms with van der Waals surface area (Å²) in [6, 6.07) is 15.2. The molecule has 0 bridgehead atoms. The maximum Gasteiger partial charge on any atom is 0.280 e. The third kappa shape index (κ3) is 3.16. The number of rotatable bonds is 4. The molecule has 5 rings (SSSR count). The van der Waals surface area contributed by atoms with Gasteiger partial charge in [0.2, 0.25) is 0 Å². The lowest BCUT2D eigenvalue weighted by Crippen LogP contribution is -2.42. The standard InChI is InChI=1S/C24H18F3N5/c25-19-6-2-5-18-21(19)23(28)32-24(18,17-7-8-31-20(10-17)22(26)27)16-4-1-3-14(9-16)15-11-29-13-30-12-15/h1-13,22-23,32H,28H2/t23-,24+/m1/s1. The van der Waals surface area contributed by atoms with Gasteiger partial charge in [-0.2, -0.15) is 0 Å². The van der Waals surface area contributed by atoms with E-state index in [-0.39, 0.29) is 5.69 Å². The molecule has 5 nitrogen and oxygen atoms in total. The summed E-state index contributed by atoms with van der Waals surface area (Å²) in [5, 5.41) is 3.28. The molecule has 32 heavy (non-hydrogen) atoms. The van der Waals surface area contributed by atoms with Crippen molar-refractivity contribution in [1.82, 2.24) is 20.3 Å². The van der Waals surface area contributed by atoms with Crippen molar-refractivity contribution in [3.05, 3.63) is 113 Å². The van der Waals surface area contributed by atoms with Crippen LogP contribution < -0.4 is 11.1 Å². The highest BCUT2D eigenvalue weighted by molar-refractivity contribution is 5.66. The minimum atomic E-state index is -2.75. The number of nitrogens with one attached hydrogen (secondary N) is 1. The maximum atomic E-state index is 14.8. The van der Waals surface area contributed by atoms with Crippen LogP contribution in [0, 0.1) is 5.82 Å². The first-order chi connectivity index (χ1) is 15.5. The van der Waals surface area contributed by atoms with Gasteiger partial charge in [-0.25, -0.2) is 23.1 Å². The normalized spacial score (nSPS) is 19.8. The van der Waals surface area contributed by atoms with Crippen molar-refractivity contribution in [3.8, 4) is 11.1 Å². The second-order valence-electron chi connectivity index (χ2n) is 7.55. The van der Waals surface area contributed by atoms with Crippen molar-refractivity contribution in [3.63, 3.8) is 0 Å². The number of alkyl halides is 2. The second kappa shape index (κ2) is 7.81. The molecular weight excluding hydrogens is 415 g/mol. The topological polar surface area (TPSA) is 76.7 Å². The van der Waals surface area contributed by atoms with E-state index in [4.69, 9.17) is 5.73 Å². The molecule has 1 aliphatic rings. The molecule has 0 unspecified atom stereocenters. The van der Waals surface area contributed by atoms with Gasteiger partial charge in [0.1, 0.15) is 17.8 Å². The summed E-state index contributed by atoms with van der Waals surface area (Å²) >= 11 is 0. The molecule has 1 aliphatic heterocycles. The predicted molar refractivity (Wildman–Crippen MR) is 113 cm³/mol. The highest BCUT2D eigenvalue weighted by Gasteiger charge is 2.46. The Morgan fingerprint density at radius 3 is 2.47 bits per heavy atom. The van der Waals surface area contributed by atoms with E-state index in [2.05, 4.69) is 20.3 Å². The van der Waals surface area contributed by atoms with E-state index in [1.165, 1.54) is 24.7 Å². The molecule has 0 saturated heterocycles. The molecule has 0 fully saturated rings. The van der Waals surface area contributed by atoms with Crippen LogP contribution >= 0.6 is 0 Å². The molecule has 160 valence electrons. The Morgan fingerprint density at radius 2 is 1.69 bits per heavy atom. The number of hydrogen-bond acceptors (Lipinski definition) is 5. The van der Waals surface area contributed by atoms with Gasteiger partial charge >= 0.3 is 0 Å². The first-order valence-corrected chi connectivity index (χ1v) is 9.93. The Kier molecular flexibility index (Phi) is 4.96. The predicted octanol–water partition coefficient (Wildman–Crippen LogP) is 4.47. The van der Waals surface area contributed by atoms with Gasteiger partial charge in [0.05, 0.1) is 11.7 Å². The van der Waals surface area contributed by atoms with E-state index >= 15 is 0 Å². The summed E-state index contributed by atoms with van der Waals surface area (Å²) in [6.07, 6.45) is 2.55. The Hall–Kier alpha value is -3.62. The first kappa shape index (κ1) is 20.3. The van der Waals surface area contributed by atoms with Gasteiger partial charge in [-0.15, -0.1) is 0 Å². The van der Waals surface area contributed by atoms with Gasteiger partial charge in [-0.1, -0.05) is 30.3 Å². The average Bonchev–Trinajstić information content (AvgIpc) is 3.14. The van der Waals surface area contributed by atoms with Gasteiger partial charge in [-0.3, -0.25) is 10.3 Å². The zero-order valence-electron chi connectivity index (χ0n) is 16.7. The number of hydrogen-bond donors (Lipinski definition) is 2. The number of pyridine rings is 1. The summed E-state index contributed by atoms with van der Waals surface area (Å²) < 4.78 is 41.8. The highest BCUT2D eigenvalue weighted by atomic mass is 19.3. The van der Waals surface area contributed by atoms with Gasteiger partial charge in [0, 0.05) is 29.7 Å². The van der Waals surface area contributed by atoms with E-state index in [0.29, 0.717) is 22.3 Å². The average molecular weight is 433 g/mol. The van der Waals surface area contributed by atoms with Crippen LogP contribution in [0.1, 0.15) is 40.5 Å². The second-order valence-corrected chi connectivity index (χ2v) is 7.55.